The van der Waals surface area contributed by atoms with E-state index in [-0.39, 0.29) is 13.2 Å². The first-order chi connectivity index (χ1) is 9.72. The van der Waals surface area contributed by atoms with E-state index in [1.165, 1.54) is 0 Å². The number of benzene rings is 2. The largest absolute Gasteiger partial charge is 0.497 e. The zero-order valence-corrected chi connectivity index (χ0v) is 11.3. The number of carbonyl (C=O) groups is 1. The molecule has 0 bridgehead atoms. The molecule has 0 atom stereocenters. The van der Waals surface area contributed by atoms with Crippen molar-refractivity contribution in [3.05, 3.63) is 42.0 Å². The Kier molecular flexibility index (Phi) is 4.79. The first-order valence-corrected chi connectivity index (χ1v) is 6.31. The molecule has 2 aromatic rings. The molecule has 106 valence electrons. The van der Waals surface area contributed by atoms with Crippen molar-refractivity contribution in [2.24, 2.45) is 0 Å². The molecule has 2 N–H and O–H groups in total. The molecule has 2 aromatic carbocycles. The highest BCUT2D eigenvalue weighted by molar-refractivity contribution is 5.84. The second-order valence-corrected chi connectivity index (χ2v) is 4.26. The normalized spacial score (nSPS) is 10.3. The van der Waals surface area contributed by atoms with Gasteiger partial charge in [0.1, 0.15) is 12.4 Å². The first kappa shape index (κ1) is 14.1. The summed E-state index contributed by atoms with van der Waals surface area (Å²) < 4.78 is 9.89. The van der Waals surface area contributed by atoms with Crippen molar-refractivity contribution in [1.82, 2.24) is 5.32 Å². The standard InChI is InChI=1S/C15H17NO4/c1-19-14-5-4-12-8-11(2-3-13(12)9-14)10-16-15(18)20-7-6-17/h2-5,8-9,17H,6-7,10H2,1H3,(H,16,18). The number of amides is 1. The monoisotopic (exact) mass is 275 g/mol. The van der Waals surface area contributed by atoms with E-state index >= 15 is 0 Å². The lowest BCUT2D eigenvalue weighted by Gasteiger charge is -2.07. The number of ether oxygens (including phenoxy) is 2. The van der Waals surface area contributed by atoms with E-state index in [1.54, 1.807) is 7.11 Å². The van der Waals surface area contributed by atoms with Gasteiger partial charge in [0.15, 0.2) is 0 Å². The van der Waals surface area contributed by atoms with Crippen LogP contribution in [0.2, 0.25) is 0 Å². The zero-order chi connectivity index (χ0) is 14.4. The Hall–Kier alpha value is -2.27. The van der Waals surface area contributed by atoms with Gasteiger partial charge in [0.25, 0.3) is 0 Å². The summed E-state index contributed by atoms with van der Waals surface area (Å²) in [4.78, 5) is 11.3. The van der Waals surface area contributed by atoms with E-state index in [0.717, 1.165) is 22.1 Å². The lowest BCUT2D eigenvalue weighted by molar-refractivity contribution is 0.119. The predicted molar refractivity (Wildman–Crippen MR) is 75.8 cm³/mol. The molecule has 0 aliphatic rings. The molecular formula is C15H17NO4. The van der Waals surface area contributed by atoms with E-state index in [0.29, 0.717) is 6.54 Å². The Morgan fingerprint density at radius 3 is 2.70 bits per heavy atom. The highest BCUT2D eigenvalue weighted by Crippen LogP contribution is 2.21. The molecule has 0 aliphatic heterocycles. The molecule has 0 fully saturated rings. The fraction of sp³-hybridized carbons (Fsp3) is 0.267. The topological polar surface area (TPSA) is 67.8 Å². The molecule has 0 radical (unpaired) electrons. The van der Waals surface area contributed by atoms with E-state index in [4.69, 9.17) is 14.6 Å². The van der Waals surface area contributed by atoms with Crippen molar-refractivity contribution in [3.63, 3.8) is 0 Å². The summed E-state index contributed by atoms with van der Waals surface area (Å²) in [6.45, 7) is 0.209. The van der Waals surface area contributed by atoms with Crippen LogP contribution in [0.4, 0.5) is 4.79 Å². The number of aliphatic hydroxyl groups excluding tert-OH is 1. The number of rotatable bonds is 5. The quantitative estimate of drug-likeness (QED) is 0.876. The summed E-state index contributed by atoms with van der Waals surface area (Å²) in [7, 11) is 1.64. The number of hydrogen-bond acceptors (Lipinski definition) is 4. The molecule has 5 heteroatoms. The van der Waals surface area contributed by atoms with Crippen LogP contribution < -0.4 is 10.1 Å². The maximum atomic E-state index is 11.3. The number of methoxy groups -OCH3 is 1. The van der Waals surface area contributed by atoms with Gasteiger partial charge in [-0.1, -0.05) is 18.2 Å². The van der Waals surface area contributed by atoms with Gasteiger partial charge in [-0.25, -0.2) is 4.79 Å². The van der Waals surface area contributed by atoms with Crippen LogP contribution >= 0.6 is 0 Å². The van der Waals surface area contributed by atoms with Crippen LogP contribution in [0.25, 0.3) is 10.8 Å². The van der Waals surface area contributed by atoms with Gasteiger partial charge in [-0.15, -0.1) is 0 Å². The summed E-state index contributed by atoms with van der Waals surface area (Å²) in [6, 6.07) is 11.8. The Balaban J connectivity index is 2.03. The van der Waals surface area contributed by atoms with Crippen molar-refractivity contribution in [2.45, 2.75) is 6.54 Å². The number of fused-ring (bicyclic) bond motifs is 1. The van der Waals surface area contributed by atoms with E-state index in [2.05, 4.69) is 5.32 Å². The molecule has 1 amide bonds. The molecule has 0 heterocycles. The maximum absolute atomic E-state index is 11.3. The van der Waals surface area contributed by atoms with Crippen LogP contribution in [0.3, 0.4) is 0 Å². The molecule has 2 rings (SSSR count). The van der Waals surface area contributed by atoms with Crippen molar-refractivity contribution in [3.8, 4) is 5.75 Å². The molecule has 0 saturated carbocycles. The van der Waals surface area contributed by atoms with Gasteiger partial charge < -0.3 is 19.9 Å². The predicted octanol–water partition coefficient (Wildman–Crippen LogP) is 2.07. The van der Waals surface area contributed by atoms with Crippen LogP contribution in [0.15, 0.2) is 36.4 Å². The third-order valence-corrected chi connectivity index (χ3v) is 2.87. The van der Waals surface area contributed by atoms with Crippen molar-refractivity contribution in [2.75, 3.05) is 20.3 Å². The number of alkyl carbamates (subject to hydrolysis) is 1. The van der Waals surface area contributed by atoms with Crippen LogP contribution in [0.5, 0.6) is 5.75 Å². The second-order valence-electron chi connectivity index (χ2n) is 4.26. The number of aliphatic hydroxyl groups is 1. The average molecular weight is 275 g/mol. The van der Waals surface area contributed by atoms with Crippen molar-refractivity contribution < 1.29 is 19.4 Å². The summed E-state index contributed by atoms with van der Waals surface area (Å²) in [5.41, 5.74) is 0.976. The smallest absolute Gasteiger partial charge is 0.407 e. The van der Waals surface area contributed by atoms with Crippen molar-refractivity contribution >= 4 is 16.9 Å². The fourth-order valence-corrected chi connectivity index (χ4v) is 1.87. The van der Waals surface area contributed by atoms with Gasteiger partial charge in [-0.05, 0) is 34.5 Å². The first-order valence-electron chi connectivity index (χ1n) is 6.31. The molecular weight excluding hydrogens is 258 g/mol. The van der Waals surface area contributed by atoms with Crippen LogP contribution in [-0.4, -0.2) is 31.5 Å². The van der Waals surface area contributed by atoms with Crippen LogP contribution in [0.1, 0.15) is 5.56 Å². The summed E-state index contributed by atoms with van der Waals surface area (Å²) >= 11 is 0. The zero-order valence-electron chi connectivity index (χ0n) is 11.3. The van der Waals surface area contributed by atoms with Crippen molar-refractivity contribution in [1.29, 1.82) is 0 Å². The van der Waals surface area contributed by atoms with Crippen LogP contribution in [-0.2, 0) is 11.3 Å². The summed E-state index contributed by atoms with van der Waals surface area (Å²) in [5.74, 6) is 0.816. The third-order valence-electron chi connectivity index (χ3n) is 2.87. The summed E-state index contributed by atoms with van der Waals surface area (Å²) in [5, 5.41) is 13.3. The number of hydrogen-bond donors (Lipinski definition) is 2. The number of nitrogens with one attached hydrogen (secondary N) is 1. The van der Waals surface area contributed by atoms with E-state index < -0.39 is 6.09 Å². The minimum Gasteiger partial charge on any atom is -0.497 e. The second kappa shape index (κ2) is 6.77. The Labute approximate surface area is 117 Å². The maximum Gasteiger partial charge on any atom is 0.407 e. The minimum atomic E-state index is -0.533. The van der Waals surface area contributed by atoms with E-state index in [9.17, 15) is 4.79 Å². The third kappa shape index (κ3) is 3.61. The SMILES string of the molecule is COc1ccc2cc(CNC(=O)OCCO)ccc2c1. The molecule has 0 unspecified atom stereocenters. The van der Waals surface area contributed by atoms with Gasteiger partial charge in [0.05, 0.1) is 13.7 Å². The van der Waals surface area contributed by atoms with Gasteiger partial charge in [-0.3, -0.25) is 0 Å². The van der Waals surface area contributed by atoms with Gasteiger partial charge in [-0.2, -0.15) is 0 Å². The van der Waals surface area contributed by atoms with Gasteiger partial charge >= 0.3 is 6.09 Å². The average Bonchev–Trinajstić information content (AvgIpc) is 2.50. The fourth-order valence-electron chi connectivity index (χ4n) is 1.87. The minimum absolute atomic E-state index is 0.00332. The molecule has 5 nitrogen and oxygen atoms in total. The molecule has 0 saturated heterocycles. The Morgan fingerprint density at radius 2 is 1.95 bits per heavy atom. The Morgan fingerprint density at radius 1 is 1.20 bits per heavy atom. The molecule has 0 aromatic heterocycles. The molecule has 0 aliphatic carbocycles. The molecule has 0 spiro atoms. The summed E-state index contributed by atoms with van der Waals surface area (Å²) in [6.07, 6.45) is -0.533. The van der Waals surface area contributed by atoms with Gasteiger partial charge in [0.2, 0.25) is 0 Å². The van der Waals surface area contributed by atoms with Crippen LogP contribution in [0, 0.1) is 0 Å². The number of carbonyl (C=O) groups excluding carboxylic acids is 1. The Bertz CT molecular complexity index is 597. The highest BCUT2D eigenvalue weighted by Gasteiger charge is 2.03. The molecule has 20 heavy (non-hydrogen) atoms. The van der Waals surface area contributed by atoms with E-state index in [1.807, 2.05) is 36.4 Å². The lowest BCUT2D eigenvalue weighted by atomic mass is 10.1. The lowest BCUT2D eigenvalue weighted by Crippen LogP contribution is -2.24. The highest BCUT2D eigenvalue weighted by atomic mass is 16.6. The van der Waals surface area contributed by atoms with Gasteiger partial charge in [0, 0.05) is 6.54 Å².